The Bertz CT molecular complexity index is 929. The van der Waals surface area contributed by atoms with Crippen LogP contribution in [0.4, 0.5) is 5.82 Å². The van der Waals surface area contributed by atoms with Crippen molar-refractivity contribution in [2.24, 2.45) is 11.8 Å². The van der Waals surface area contributed by atoms with Crippen molar-refractivity contribution in [3.05, 3.63) is 30.1 Å². The smallest absolute Gasteiger partial charge is 0.225 e. The van der Waals surface area contributed by atoms with Gasteiger partial charge in [-0.3, -0.25) is 14.1 Å². The van der Waals surface area contributed by atoms with Crippen LogP contribution in [0.1, 0.15) is 37.4 Å². The van der Waals surface area contributed by atoms with E-state index in [1.54, 1.807) is 0 Å². The van der Waals surface area contributed by atoms with Crippen molar-refractivity contribution in [1.82, 2.24) is 19.2 Å². The van der Waals surface area contributed by atoms with E-state index in [1.807, 2.05) is 0 Å². The highest BCUT2D eigenvalue weighted by molar-refractivity contribution is 5.81. The number of carbonyl (C=O) groups excluding carboxylic acids is 1. The summed E-state index contributed by atoms with van der Waals surface area (Å²) in [5.74, 6) is 2.67. The van der Waals surface area contributed by atoms with Crippen molar-refractivity contribution >= 4 is 17.4 Å². The molecule has 7 heteroatoms. The van der Waals surface area contributed by atoms with Gasteiger partial charge in [0.2, 0.25) is 5.91 Å². The lowest BCUT2D eigenvalue weighted by molar-refractivity contribution is -0.135. The van der Waals surface area contributed by atoms with Gasteiger partial charge in [-0.05, 0) is 43.7 Å². The van der Waals surface area contributed by atoms with Crippen molar-refractivity contribution < 1.29 is 9.53 Å². The minimum atomic E-state index is 0.194. The largest absolute Gasteiger partial charge is 0.378 e. The second kappa shape index (κ2) is 7.54. The van der Waals surface area contributed by atoms with Gasteiger partial charge < -0.3 is 14.5 Å². The fraction of sp³-hybridized carbons (Fsp3) is 0.652. The van der Waals surface area contributed by atoms with Gasteiger partial charge in [-0.2, -0.15) is 0 Å². The second-order valence-corrected chi connectivity index (χ2v) is 9.39. The maximum atomic E-state index is 12.8. The van der Waals surface area contributed by atoms with Crippen LogP contribution in [0.5, 0.6) is 0 Å². The number of piperazine rings is 1. The molecule has 2 aliphatic heterocycles. The normalized spacial score (nSPS) is 25.8. The number of ether oxygens (including phenoxy) is 1. The molecule has 2 aromatic heterocycles. The van der Waals surface area contributed by atoms with Crippen LogP contribution in [0.25, 0.3) is 5.65 Å². The summed E-state index contributed by atoms with van der Waals surface area (Å²) in [6.45, 7) is 7.11. The maximum absolute atomic E-state index is 12.8. The molecule has 0 bridgehead atoms. The van der Waals surface area contributed by atoms with Crippen LogP contribution in [-0.2, 0) is 9.53 Å². The van der Waals surface area contributed by atoms with Gasteiger partial charge in [-0.15, -0.1) is 0 Å². The van der Waals surface area contributed by atoms with Crippen molar-refractivity contribution in [3.63, 3.8) is 0 Å². The number of pyridine rings is 1. The molecule has 0 N–H and O–H groups in total. The first-order chi connectivity index (χ1) is 14.8. The van der Waals surface area contributed by atoms with E-state index < -0.39 is 0 Å². The number of morpholine rings is 1. The second-order valence-electron chi connectivity index (χ2n) is 9.39. The summed E-state index contributed by atoms with van der Waals surface area (Å²) in [5.41, 5.74) is 2.09. The van der Waals surface area contributed by atoms with E-state index in [0.717, 1.165) is 82.6 Å². The minimum absolute atomic E-state index is 0.194. The zero-order chi connectivity index (χ0) is 20.1. The molecule has 160 valence electrons. The van der Waals surface area contributed by atoms with Crippen LogP contribution in [0.15, 0.2) is 24.4 Å². The molecule has 0 spiro atoms. The number of nitrogens with zero attached hydrogens (tertiary/aromatic N) is 5. The molecule has 2 saturated carbocycles. The molecule has 30 heavy (non-hydrogen) atoms. The lowest BCUT2D eigenvalue weighted by Crippen LogP contribution is -2.51. The molecular weight excluding hydrogens is 378 g/mol. The van der Waals surface area contributed by atoms with Gasteiger partial charge in [0.1, 0.15) is 11.5 Å². The Morgan fingerprint density at radius 1 is 1.07 bits per heavy atom. The van der Waals surface area contributed by atoms with Crippen LogP contribution < -0.4 is 4.90 Å². The summed E-state index contributed by atoms with van der Waals surface area (Å²) >= 11 is 0. The van der Waals surface area contributed by atoms with Crippen molar-refractivity contribution in [1.29, 1.82) is 0 Å². The van der Waals surface area contributed by atoms with E-state index >= 15 is 0 Å². The van der Waals surface area contributed by atoms with Gasteiger partial charge in [0.05, 0.1) is 24.9 Å². The van der Waals surface area contributed by atoms with Crippen LogP contribution in [-0.4, -0.2) is 77.6 Å². The quantitative estimate of drug-likeness (QED) is 0.758. The molecule has 0 radical (unpaired) electrons. The van der Waals surface area contributed by atoms with Crippen LogP contribution in [0, 0.1) is 11.8 Å². The molecule has 0 aromatic carbocycles. The highest BCUT2D eigenvalue weighted by Gasteiger charge is 2.39. The van der Waals surface area contributed by atoms with E-state index in [9.17, 15) is 4.79 Å². The lowest BCUT2D eigenvalue weighted by Gasteiger charge is -2.41. The number of hydrogen-bond acceptors (Lipinski definition) is 5. The fourth-order valence-corrected chi connectivity index (χ4v) is 4.97. The Morgan fingerprint density at radius 3 is 2.67 bits per heavy atom. The standard InChI is InChI=1S/C23H31N5O2/c29-23(18-6-7-18)27-9-8-26(14-17-4-5-17)20(16-27)19-15-28-21(24-19)2-1-3-22(28)25-10-12-30-13-11-25/h1-3,15,17-18,20H,4-14,16H2/t20-/m1/s1. The molecule has 0 unspecified atom stereocenters. The van der Waals surface area contributed by atoms with Gasteiger partial charge in [-0.1, -0.05) is 6.07 Å². The molecular formula is C23H31N5O2. The number of anilines is 1. The zero-order valence-electron chi connectivity index (χ0n) is 17.6. The number of imidazole rings is 1. The van der Waals surface area contributed by atoms with Crippen molar-refractivity contribution in [2.75, 3.05) is 57.4 Å². The minimum Gasteiger partial charge on any atom is -0.378 e. The highest BCUT2D eigenvalue weighted by atomic mass is 16.5. The van der Waals surface area contributed by atoms with Gasteiger partial charge in [0, 0.05) is 51.4 Å². The van der Waals surface area contributed by atoms with Crippen LogP contribution in [0.2, 0.25) is 0 Å². The summed E-state index contributed by atoms with van der Waals surface area (Å²) < 4.78 is 7.77. The third-order valence-electron chi connectivity index (χ3n) is 7.08. The first-order valence-corrected chi connectivity index (χ1v) is 11.6. The van der Waals surface area contributed by atoms with Crippen LogP contribution in [0.3, 0.4) is 0 Å². The summed E-state index contributed by atoms with van der Waals surface area (Å²) in [4.78, 5) is 24.9. The Kier molecular flexibility index (Phi) is 4.68. The number of aromatic nitrogens is 2. The summed E-state index contributed by atoms with van der Waals surface area (Å²) in [6, 6.07) is 6.56. The van der Waals surface area contributed by atoms with E-state index in [0.29, 0.717) is 5.91 Å². The Hall–Kier alpha value is -2.12. The topological polar surface area (TPSA) is 53.3 Å². The Balaban J connectivity index is 1.31. The number of carbonyl (C=O) groups is 1. The van der Waals surface area contributed by atoms with E-state index in [4.69, 9.17) is 9.72 Å². The first kappa shape index (κ1) is 18.6. The third-order valence-corrected chi connectivity index (χ3v) is 7.08. The molecule has 1 amide bonds. The van der Waals surface area contributed by atoms with E-state index in [2.05, 4.69) is 43.5 Å². The van der Waals surface area contributed by atoms with E-state index in [-0.39, 0.29) is 12.0 Å². The SMILES string of the molecule is O=C(C1CC1)N1CCN(CC2CC2)[C@@H](c2cn3c(N4CCOCC4)cccc3n2)C1. The molecule has 6 rings (SSSR count). The van der Waals surface area contributed by atoms with Crippen molar-refractivity contribution in [2.45, 2.75) is 31.7 Å². The number of amides is 1. The molecule has 2 saturated heterocycles. The number of fused-ring (bicyclic) bond motifs is 1. The van der Waals surface area contributed by atoms with Crippen molar-refractivity contribution in [3.8, 4) is 0 Å². The Labute approximate surface area is 177 Å². The first-order valence-electron chi connectivity index (χ1n) is 11.6. The Morgan fingerprint density at radius 2 is 1.90 bits per heavy atom. The third kappa shape index (κ3) is 3.58. The highest BCUT2D eigenvalue weighted by Crippen LogP contribution is 2.37. The van der Waals surface area contributed by atoms with E-state index in [1.165, 1.54) is 18.7 Å². The molecule has 7 nitrogen and oxygen atoms in total. The molecule has 1 atom stereocenters. The monoisotopic (exact) mass is 409 g/mol. The molecule has 2 aromatic rings. The van der Waals surface area contributed by atoms with Crippen LogP contribution >= 0.6 is 0 Å². The van der Waals surface area contributed by atoms with Gasteiger partial charge in [0.15, 0.2) is 0 Å². The predicted octanol–water partition coefficient (Wildman–Crippen LogP) is 2.18. The van der Waals surface area contributed by atoms with Gasteiger partial charge in [0.25, 0.3) is 0 Å². The maximum Gasteiger partial charge on any atom is 0.225 e. The van der Waals surface area contributed by atoms with Gasteiger partial charge >= 0.3 is 0 Å². The summed E-state index contributed by atoms with van der Waals surface area (Å²) in [5, 5.41) is 0. The van der Waals surface area contributed by atoms with Gasteiger partial charge in [-0.25, -0.2) is 4.98 Å². The summed E-state index contributed by atoms with van der Waals surface area (Å²) in [7, 11) is 0. The lowest BCUT2D eigenvalue weighted by atomic mass is 10.1. The molecule has 4 aliphatic rings. The molecule has 4 heterocycles. The number of rotatable bonds is 5. The fourth-order valence-electron chi connectivity index (χ4n) is 4.97. The molecule has 4 fully saturated rings. The average Bonchev–Trinajstić information content (AvgIpc) is 3.72. The predicted molar refractivity (Wildman–Crippen MR) is 115 cm³/mol. The summed E-state index contributed by atoms with van der Waals surface area (Å²) in [6.07, 6.45) is 7.06. The molecule has 2 aliphatic carbocycles. The number of hydrogen-bond donors (Lipinski definition) is 0. The average molecular weight is 410 g/mol. The zero-order valence-corrected chi connectivity index (χ0v) is 17.6.